The summed E-state index contributed by atoms with van der Waals surface area (Å²) in [5, 5.41) is 23.3. The fourth-order valence-electron chi connectivity index (χ4n) is 13.3. The number of hydrogen-bond donors (Lipinski definition) is 3. The van der Waals surface area contributed by atoms with E-state index in [1.807, 2.05) is 6.08 Å². The van der Waals surface area contributed by atoms with Gasteiger partial charge in [-0.2, -0.15) is 0 Å². The Labute approximate surface area is 588 Å². The van der Waals surface area contributed by atoms with E-state index in [1.54, 1.807) is 6.08 Å². The van der Waals surface area contributed by atoms with Gasteiger partial charge in [-0.3, -0.25) is 9.59 Å². The molecule has 0 rings (SSSR count). The van der Waals surface area contributed by atoms with Gasteiger partial charge in [0.2, 0.25) is 5.91 Å². The lowest BCUT2D eigenvalue weighted by Gasteiger charge is -2.20. The van der Waals surface area contributed by atoms with E-state index in [0.29, 0.717) is 19.4 Å². The standard InChI is InChI=1S/C88H165NO5/c1-3-5-7-9-11-13-15-17-19-21-23-41-45-48-52-56-60-64-68-72-76-80-86(91)85(84-90)89-87(92)81-77-73-69-65-61-57-53-49-46-42-39-37-35-33-31-29-27-25-24-26-28-30-32-34-36-38-40-43-47-51-55-59-63-67-71-75-79-83-94-88(93)82-78-74-70-66-62-58-54-50-44-22-20-18-16-14-12-10-8-6-4-2/h12,14,18,20,24,26,30,32,76,80,85-86,90-91H,3-11,13,15-17,19,21-23,25,27-29,31,33-75,77-79,81-84H2,1-2H3,(H,89,92)/b14-12-,20-18-,26-24-,32-30-,80-76+. The molecule has 0 bridgehead atoms. The minimum atomic E-state index is -0.845. The number of carbonyl (C=O) groups is 2. The number of rotatable bonds is 80. The van der Waals surface area contributed by atoms with E-state index in [9.17, 15) is 19.8 Å². The smallest absolute Gasteiger partial charge is 0.305 e. The van der Waals surface area contributed by atoms with Gasteiger partial charge in [-0.25, -0.2) is 0 Å². The number of esters is 1. The van der Waals surface area contributed by atoms with Gasteiger partial charge in [0.1, 0.15) is 0 Å². The van der Waals surface area contributed by atoms with Gasteiger partial charge < -0.3 is 20.3 Å². The maximum atomic E-state index is 12.6. The fourth-order valence-corrected chi connectivity index (χ4v) is 13.3. The number of carbonyl (C=O) groups excluding carboxylic acids is 2. The lowest BCUT2D eigenvalue weighted by Crippen LogP contribution is -2.45. The van der Waals surface area contributed by atoms with Crippen molar-refractivity contribution in [1.82, 2.24) is 5.32 Å². The van der Waals surface area contributed by atoms with Gasteiger partial charge in [0.05, 0.1) is 25.4 Å². The normalized spacial score (nSPS) is 12.8. The molecule has 552 valence electrons. The summed E-state index contributed by atoms with van der Waals surface area (Å²) in [5.41, 5.74) is 0. The second kappa shape index (κ2) is 83.0. The molecule has 6 nitrogen and oxygen atoms in total. The van der Waals surface area contributed by atoms with Crippen LogP contribution in [0.5, 0.6) is 0 Å². The molecule has 2 atom stereocenters. The molecule has 0 aliphatic rings. The summed E-state index contributed by atoms with van der Waals surface area (Å²) in [6, 6.07) is -0.628. The largest absolute Gasteiger partial charge is 0.466 e. The summed E-state index contributed by atoms with van der Waals surface area (Å²) in [6.45, 7) is 4.92. The van der Waals surface area contributed by atoms with Gasteiger partial charge in [0.25, 0.3) is 0 Å². The SMILES string of the molecule is CCCCC/C=C\C/C=C\CCCCCCCCCCCC(=O)OCCCCCCCCCCCCCCC/C=C\C/C=C\CCCCCCCCCCCCCCCCCCCC(=O)NC(CO)C(O)/C=C/CCCCCCCCCCCCCCCCCCCCC. The van der Waals surface area contributed by atoms with E-state index in [2.05, 4.69) is 67.8 Å². The summed E-state index contributed by atoms with van der Waals surface area (Å²) in [5.74, 6) is -0.0458. The Bertz CT molecular complexity index is 1620. The lowest BCUT2D eigenvalue weighted by atomic mass is 10.0. The van der Waals surface area contributed by atoms with Crippen molar-refractivity contribution >= 4 is 11.9 Å². The predicted molar refractivity (Wildman–Crippen MR) is 416 cm³/mol. The zero-order valence-electron chi connectivity index (χ0n) is 63.5. The third-order valence-electron chi connectivity index (χ3n) is 19.8. The highest BCUT2D eigenvalue weighted by Crippen LogP contribution is 2.20. The summed E-state index contributed by atoms with van der Waals surface area (Å²) >= 11 is 0. The van der Waals surface area contributed by atoms with Crippen molar-refractivity contribution < 1.29 is 24.5 Å². The van der Waals surface area contributed by atoms with Crippen LogP contribution in [-0.4, -0.2) is 47.4 Å². The van der Waals surface area contributed by atoms with Crippen LogP contribution in [0, 0.1) is 0 Å². The van der Waals surface area contributed by atoms with Crippen LogP contribution < -0.4 is 5.32 Å². The van der Waals surface area contributed by atoms with Gasteiger partial charge in [-0.1, -0.05) is 415 Å². The van der Waals surface area contributed by atoms with E-state index in [4.69, 9.17) is 4.74 Å². The molecule has 0 saturated carbocycles. The van der Waals surface area contributed by atoms with Crippen LogP contribution in [0.3, 0.4) is 0 Å². The summed E-state index contributed by atoms with van der Waals surface area (Å²) in [7, 11) is 0. The Kier molecular flexibility index (Phi) is 80.8. The first-order valence-electron chi connectivity index (χ1n) is 42.6. The first-order chi connectivity index (χ1) is 46.5. The molecule has 0 aromatic heterocycles. The van der Waals surface area contributed by atoms with Crippen LogP contribution in [0.25, 0.3) is 0 Å². The average molecular weight is 1320 g/mol. The monoisotopic (exact) mass is 1320 g/mol. The number of ether oxygens (including phenoxy) is 1. The highest BCUT2D eigenvalue weighted by Gasteiger charge is 2.18. The molecule has 0 aliphatic carbocycles. The maximum absolute atomic E-state index is 12.6. The van der Waals surface area contributed by atoms with E-state index in [-0.39, 0.29) is 18.5 Å². The molecule has 2 unspecified atom stereocenters. The van der Waals surface area contributed by atoms with E-state index < -0.39 is 12.1 Å². The highest BCUT2D eigenvalue weighted by atomic mass is 16.5. The van der Waals surface area contributed by atoms with Crippen LogP contribution in [0.4, 0.5) is 0 Å². The van der Waals surface area contributed by atoms with Gasteiger partial charge in [0.15, 0.2) is 0 Å². The van der Waals surface area contributed by atoms with Crippen molar-refractivity contribution in [3.8, 4) is 0 Å². The third-order valence-corrected chi connectivity index (χ3v) is 19.8. The summed E-state index contributed by atoms with van der Waals surface area (Å²) in [6.07, 6.45) is 112. The van der Waals surface area contributed by atoms with Crippen molar-refractivity contribution in [2.45, 2.75) is 475 Å². The van der Waals surface area contributed by atoms with E-state index in [0.717, 1.165) is 57.8 Å². The number of amides is 1. The quantitative estimate of drug-likeness (QED) is 0.0320. The van der Waals surface area contributed by atoms with Crippen molar-refractivity contribution in [2.75, 3.05) is 13.2 Å². The Morgan fingerprint density at radius 1 is 0.298 bits per heavy atom. The molecule has 0 spiro atoms. The predicted octanol–water partition coefficient (Wildman–Crippen LogP) is 28.5. The number of unbranched alkanes of at least 4 members (excludes halogenated alkanes) is 61. The van der Waals surface area contributed by atoms with Crippen LogP contribution in [0.2, 0.25) is 0 Å². The van der Waals surface area contributed by atoms with Crippen LogP contribution in [0.15, 0.2) is 60.8 Å². The summed E-state index contributed by atoms with van der Waals surface area (Å²) < 4.78 is 5.52. The van der Waals surface area contributed by atoms with Crippen LogP contribution >= 0.6 is 0 Å². The molecule has 0 saturated heterocycles. The Morgan fingerprint density at radius 3 is 0.830 bits per heavy atom. The number of aliphatic hydroxyl groups is 2. The number of nitrogens with one attached hydrogen (secondary N) is 1. The van der Waals surface area contributed by atoms with Crippen LogP contribution in [-0.2, 0) is 14.3 Å². The zero-order chi connectivity index (χ0) is 67.7. The Hall–Kier alpha value is -2.44. The van der Waals surface area contributed by atoms with Crippen molar-refractivity contribution in [3.63, 3.8) is 0 Å². The van der Waals surface area contributed by atoms with Gasteiger partial charge in [0, 0.05) is 12.8 Å². The van der Waals surface area contributed by atoms with Gasteiger partial charge in [-0.15, -0.1) is 0 Å². The molecule has 1 amide bonds. The minimum absolute atomic E-state index is 0.0152. The van der Waals surface area contributed by atoms with E-state index >= 15 is 0 Å². The molecule has 0 fully saturated rings. The van der Waals surface area contributed by atoms with Crippen molar-refractivity contribution in [3.05, 3.63) is 60.8 Å². The average Bonchev–Trinajstić information content (AvgIpc) is 3.66. The Morgan fingerprint density at radius 2 is 0.532 bits per heavy atom. The molecule has 0 aromatic carbocycles. The van der Waals surface area contributed by atoms with Crippen molar-refractivity contribution in [2.24, 2.45) is 0 Å². The number of hydrogen-bond acceptors (Lipinski definition) is 5. The van der Waals surface area contributed by atoms with Crippen molar-refractivity contribution in [1.29, 1.82) is 0 Å². The molecular weight excluding hydrogens is 1150 g/mol. The number of allylic oxidation sites excluding steroid dienone is 9. The second-order valence-corrected chi connectivity index (χ2v) is 29.2. The molecular formula is C88H165NO5. The summed E-state index contributed by atoms with van der Waals surface area (Å²) in [4.78, 5) is 24.7. The zero-order valence-corrected chi connectivity index (χ0v) is 63.5. The first kappa shape index (κ1) is 91.6. The Balaban J connectivity index is 3.38. The molecule has 3 N–H and O–H groups in total. The molecule has 0 radical (unpaired) electrons. The molecule has 6 heteroatoms. The topological polar surface area (TPSA) is 95.9 Å². The fraction of sp³-hybridized carbons (Fsp3) is 0.864. The highest BCUT2D eigenvalue weighted by molar-refractivity contribution is 5.76. The lowest BCUT2D eigenvalue weighted by molar-refractivity contribution is -0.143. The first-order valence-corrected chi connectivity index (χ1v) is 42.6. The maximum Gasteiger partial charge on any atom is 0.305 e. The van der Waals surface area contributed by atoms with E-state index in [1.165, 1.54) is 379 Å². The van der Waals surface area contributed by atoms with Gasteiger partial charge >= 0.3 is 5.97 Å². The molecule has 0 heterocycles. The van der Waals surface area contributed by atoms with Crippen LogP contribution in [0.1, 0.15) is 463 Å². The minimum Gasteiger partial charge on any atom is -0.466 e. The molecule has 0 aromatic rings. The van der Waals surface area contributed by atoms with Gasteiger partial charge in [-0.05, 0) is 96.3 Å². The molecule has 94 heavy (non-hydrogen) atoms. The number of aliphatic hydroxyl groups excluding tert-OH is 2. The second-order valence-electron chi connectivity index (χ2n) is 29.2. The third kappa shape index (κ3) is 78.6. The molecule has 0 aliphatic heterocycles.